The highest BCUT2D eigenvalue weighted by atomic mass is 35.5. The Balaban J connectivity index is 0.00000312. The summed E-state index contributed by atoms with van der Waals surface area (Å²) in [5.74, 6) is -0.358. The van der Waals surface area contributed by atoms with Gasteiger partial charge in [-0.25, -0.2) is 8.42 Å². The van der Waals surface area contributed by atoms with Crippen molar-refractivity contribution in [1.29, 1.82) is 0 Å². The topological polar surface area (TPSA) is 75.3 Å². The number of benzene rings is 1. The minimum absolute atomic E-state index is 0. The second-order valence-corrected chi connectivity index (χ2v) is 9.42. The lowest BCUT2D eigenvalue weighted by Crippen LogP contribution is -2.58. The number of piperidine rings is 1. The van der Waals surface area contributed by atoms with Crippen molar-refractivity contribution >= 4 is 28.2 Å². The molecular formula is C18H29ClN2O3S. The molecule has 7 heteroatoms. The zero-order valence-electron chi connectivity index (χ0n) is 15.4. The first-order valence-corrected chi connectivity index (χ1v) is 10.3. The minimum atomic E-state index is -3.47. The third kappa shape index (κ3) is 5.19. The molecule has 1 aromatic carbocycles. The molecule has 5 nitrogen and oxygen atoms in total. The Morgan fingerprint density at radius 1 is 1.20 bits per heavy atom. The standard InChI is InChI=1S/C18H28N2O3S.ClH/c1-13-9-14(2)11-16(10-13)12-15(3)20-17(21)18(24(4,22)23)5-7-19-8-6-18;/h9-11,15,19H,5-8,12H2,1-4H3,(H,20,21);1H. The fourth-order valence-corrected chi connectivity index (χ4v) is 4.88. The number of carbonyl (C=O) groups excluding carboxylic acids is 1. The largest absolute Gasteiger partial charge is 0.352 e. The maximum atomic E-state index is 12.8. The second-order valence-electron chi connectivity index (χ2n) is 7.09. The highest BCUT2D eigenvalue weighted by Gasteiger charge is 2.48. The highest BCUT2D eigenvalue weighted by Crippen LogP contribution is 2.28. The third-order valence-electron chi connectivity index (χ3n) is 4.74. The molecule has 0 aliphatic carbocycles. The van der Waals surface area contributed by atoms with E-state index >= 15 is 0 Å². The second kappa shape index (κ2) is 8.52. The van der Waals surface area contributed by atoms with Gasteiger partial charge >= 0.3 is 0 Å². The summed E-state index contributed by atoms with van der Waals surface area (Å²) < 4.78 is 23.3. The van der Waals surface area contributed by atoms with Crippen LogP contribution in [0.4, 0.5) is 0 Å². The Morgan fingerprint density at radius 2 is 1.72 bits per heavy atom. The van der Waals surface area contributed by atoms with Gasteiger partial charge in [0.15, 0.2) is 14.6 Å². The SMILES string of the molecule is Cc1cc(C)cc(CC(C)NC(=O)C2(S(C)(=O)=O)CCNCC2)c1.Cl. The summed E-state index contributed by atoms with van der Waals surface area (Å²) in [5.41, 5.74) is 3.53. The van der Waals surface area contributed by atoms with Crippen LogP contribution < -0.4 is 10.6 Å². The molecule has 1 atom stereocenters. The molecule has 2 N–H and O–H groups in total. The fourth-order valence-electron chi connectivity index (χ4n) is 3.54. The Morgan fingerprint density at radius 3 is 2.20 bits per heavy atom. The van der Waals surface area contributed by atoms with Crippen LogP contribution in [-0.2, 0) is 21.1 Å². The van der Waals surface area contributed by atoms with Crippen LogP contribution >= 0.6 is 12.4 Å². The van der Waals surface area contributed by atoms with E-state index in [1.807, 2.05) is 20.8 Å². The van der Waals surface area contributed by atoms with Crippen molar-refractivity contribution in [3.05, 3.63) is 34.9 Å². The smallest absolute Gasteiger partial charge is 0.241 e. The zero-order chi connectivity index (χ0) is 18.0. The van der Waals surface area contributed by atoms with Gasteiger partial charge < -0.3 is 10.6 Å². The van der Waals surface area contributed by atoms with Crippen molar-refractivity contribution in [2.45, 2.75) is 50.8 Å². The van der Waals surface area contributed by atoms with Gasteiger partial charge in [-0.3, -0.25) is 4.79 Å². The van der Waals surface area contributed by atoms with Crippen molar-refractivity contribution in [3.8, 4) is 0 Å². The van der Waals surface area contributed by atoms with E-state index in [-0.39, 0.29) is 24.4 Å². The molecule has 1 fully saturated rings. The van der Waals surface area contributed by atoms with Crippen LogP contribution in [0.5, 0.6) is 0 Å². The Labute approximate surface area is 157 Å². The van der Waals surface area contributed by atoms with Crippen molar-refractivity contribution in [2.24, 2.45) is 0 Å². The number of rotatable bonds is 5. The molecule has 2 rings (SSSR count). The molecule has 1 saturated heterocycles. The van der Waals surface area contributed by atoms with E-state index in [2.05, 4.69) is 28.8 Å². The van der Waals surface area contributed by atoms with Gasteiger partial charge in [-0.2, -0.15) is 0 Å². The summed E-state index contributed by atoms with van der Waals surface area (Å²) in [4.78, 5) is 12.8. The average Bonchev–Trinajstić information content (AvgIpc) is 2.45. The van der Waals surface area contributed by atoms with E-state index in [1.54, 1.807) is 0 Å². The van der Waals surface area contributed by atoms with Gasteiger partial charge in [-0.05, 0) is 58.7 Å². The molecule has 0 saturated carbocycles. The van der Waals surface area contributed by atoms with Crippen LogP contribution in [0, 0.1) is 13.8 Å². The summed E-state index contributed by atoms with van der Waals surface area (Å²) in [7, 11) is -3.47. The van der Waals surface area contributed by atoms with E-state index in [9.17, 15) is 13.2 Å². The molecule has 1 unspecified atom stereocenters. The van der Waals surface area contributed by atoms with Gasteiger partial charge in [0.25, 0.3) is 0 Å². The summed E-state index contributed by atoms with van der Waals surface area (Å²) in [6, 6.07) is 6.20. The monoisotopic (exact) mass is 388 g/mol. The normalized spacial score (nSPS) is 18.1. The number of amides is 1. The average molecular weight is 389 g/mol. The van der Waals surface area contributed by atoms with Gasteiger partial charge in [0, 0.05) is 12.3 Å². The van der Waals surface area contributed by atoms with E-state index in [0.29, 0.717) is 32.4 Å². The van der Waals surface area contributed by atoms with Crippen molar-refractivity contribution < 1.29 is 13.2 Å². The first kappa shape index (κ1) is 21.9. The number of nitrogens with one attached hydrogen (secondary N) is 2. The minimum Gasteiger partial charge on any atom is -0.352 e. The van der Waals surface area contributed by atoms with Crippen molar-refractivity contribution in [3.63, 3.8) is 0 Å². The lowest BCUT2D eigenvalue weighted by atomic mass is 9.95. The zero-order valence-corrected chi connectivity index (χ0v) is 17.0. The predicted molar refractivity (Wildman–Crippen MR) is 104 cm³/mol. The molecule has 0 spiro atoms. The number of sulfone groups is 1. The number of hydrogen-bond donors (Lipinski definition) is 2. The number of aryl methyl sites for hydroxylation is 2. The molecular weight excluding hydrogens is 360 g/mol. The molecule has 0 aromatic heterocycles. The third-order valence-corrected chi connectivity index (χ3v) is 6.75. The summed E-state index contributed by atoms with van der Waals surface area (Å²) in [5, 5.41) is 6.07. The van der Waals surface area contributed by atoms with Crippen LogP contribution in [0.25, 0.3) is 0 Å². The summed E-state index contributed by atoms with van der Waals surface area (Å²) >= 11 is 0. The molecule has 1 amide bonds. The van der Waals surface area contributed by atoms with Crippen LogP contribution in [0.1, 0.15) is 36.5 Å². The Kier molecular flexibility index (Phi) is 7.47. The Hall–Kier alpha value is -1.11. The quantitative estimate of drug-likeness (QED) is 0.808. The number of halogens is 1. The predicted octanol–water partition coefficient (Wildman–Crippen LogP) is 1.94. The van der Waals surface area contributed by atoms with E-state index in [0.717, 1.165) is 5.56 Å². The highest BCUT2D eigenvalue weighted by molar-refractivity contribution is 7.92. The van der Waals surface area contributed by atoms with Crippen molar-refractivity contribution in [1.82, 2.24) is 10.6 Å². The van der Waals surface area contributed by atoms with E-state index in [1.165, 1.54) is 17.4 Å². The van der Waals surface area contributed by atoms with E-state index < -0.39 is 14.6 Å². The lowest BCUT2D eigenvalue weighted by Gasteiger charge is -2.35. The van der Waals surface area contributed by atoms with Crippen LogP contribution in [0.3, 0.4) is 0 Å². The maximum Gasteiger partial charge on any atom is 0.241 e. The first-order valence-electron chi connectivity index (χ1n) is 8.42. The van der Waals surface area contributed by atoms with Gasteiger partial charge in [-0.15, -0.1) is 12.4 Å². The molecule has 1 aliphatic heterocycles. The van der Waals surface area contributed by atoms with Crippen LogP contribution in [0.2, 0.25) is 0 Å². The molecule has 1 aliphatic rings. The molecule has 1 aromatic rings. The van der Waals surface area contributed by atoms with Gasteiger partial charge in [0.2, 0.25) is 5.91 Å². The van der Waals surface area contributed by atoms with Gasteiger partial charge in [0.05, 0.1) is 0 Å². The Bertz CT molecular complexity index is 693. The van der Waals surface area contributed by atoms with Crippen LogP contribution in [-0.4, -0.2) is 44.5 Å². The summed E-state index contributed by atoms with van der Waals surface area (Å²) in [6.45, 7) is 7.12. The number of hydrogen-bond acceptors (Lipinski definition) is 4. The molecule has 0 bridgehead atoms. The molecule has 142 valence electrons. The molecule has 1 heterocycles. The number of carbonyl (C=O) groups is 1. The molecule has 25 heavy (non-hydrogen) atoms. The van der Waals surface area contributed by atoms with Crippen molar-refractivity contribution in [2.75, 3.05) is 19.3 Å². The van der Waals surface area contributed by atoms with E-state index in [4.69, 9.17) is 0 Å². The van der Waals surface area contributed by atoms with Crippen LogP contribution in [0.15, 0.2) is 18.2 Å². The maximum absolute atomic E-state index is 12.8. The van der Waals surface area contributed by atoms with Gasteiger partial charge in [-0.1, -0.05) is 29.3 Å². The summed E-state index contributed by atoms with van der Waals surface area (Å²) in [6.07, 6.45) is 2.51. The first-order chi connectivity index (χ1) is 11.1. The fraction of sp³-hybridized carbons (Fsp3) is 0.611. The van der Waals surface area contributed by atoms with Gasteiger partial charge in [0.1, 0.15) is 0 Å². The molecule has 0 radical (unpaired) electrons. The lowest BCUT2D eigenvalue weighted by molar-refractivity contribution is -0.124.